The molecule has 1 aliphatic heterocycles. The summed E-state index contributed by atoms with van der Waals surface area (Å²) in [6.07, 6.45) is 5.00. The van der Waals surface area contributed by atoms with Crippen LogP contribution in [0, 0.1) is 0 Å². The van der Waals surface area contributed by atoms with Crippen molar-refractivity contribution in [3.63, 3.8) is 0 Å². The monoisotopic (exact) mass is 275 g/mol. The lowest BCUT2D eigenvalue weighted by atomic mass is 10.1. The van der Waals surface area contributed by atoms with E-state index >= 15 is 0 Å². The van der Waals surface area contributed by atoms with Crippen molar-refractivity contribution in [2.75, 3.05) is 39.0 Å². The number of benzene rings is 1. The van der Waals surface area contributed by atoms with E-state index in [0.29, 0.717) is 0 Å². The van der Waals surface area contributed by atoms with Crippen molar-refractivity contribution in [1.82, 2.24) is 9.80 Å². The SMILES string of the molecule is CCN1CCCC1CN(C)CCCc1ccccc1N. The van der Waals surface area contributed by atoms with Crippen LogP contribution in [-0.2, 0) is 6.42 Å². The summed E-state index contributed by atoms with van der Waals surface area (Å²) in [6.45, 7) is 7.12. The van der Waals surface area contributed by atoms with Crippen LogP contribution in [-0.4, -0.2) is 49.1 Å². The minimum atomic E-state index is 0.770. The smallest absolute Gasteiger partial charge is 0.0346 e. The van der Waals surface area contributed by atoms with Gasteiger partial charge in [-0.2, -0.15) is 0 Å². The summed E-state index contributed by atoms with van der Waals surface area (Å²) in [5.74, 6) is 0. The van der Waals surface area contributed by atoms with Crippen LogP contribution in [0.5, 0.6) is 0 Å². The molecule has 1 atom stereocenters. The fourth-order valence-corrected chi connectivity index (χ4v) is 3.27. The molecule has 2 N–H and O–H groups in total. The van der Waals surface area contributed by atoms with Crippen LogP contribution in [0.4, 0.5) is 5.69 Å². The maximum atomic E-state index is 5.99. The maximum absolute atomic E-state index is 5.99. The molecule has 1 aromatic rings. The molecule has 1 heterocycles. The summed E-state index contributed by atoms with van der Waals surface area (Å²) in [6, 6.07) is 8.99. The Balaban J connectivity index is 1.70. The molecule has 112 valence electrons. The zero-order chi connectivity index (χ0) is 14.4. The van der Waals surface area contributed by atoms with Gasteiger partial charge in [0.05, 0.1) is 0 Å². The number of nitrogens with two attached hydrogens (primary N) is 1. The Morgan fingerprint density at radius 1 is 1.35 bits per heavy atom. The van der Waals surface area contributed by atoms with Gasteiger partial charge in [0.1, 0.15) is 0 Å². The molecule has 0 spiro atoms. The molecular formula is C17H29N3. The van der Waals surface area contributed by atoms with E-state index in [-0.39, 0.29) is 0 Å². The lowest BCUT2D eigenvalue weighted by molar-refractivity contribution is 0.198. The Hall–Kier alpha value is -1.06. The second-order valence-corrected chi connectivity index (χ2v) is 5.99. The van der Waals surface area contributed by atoms with Gasteiger partial charge in [-0.3, -0.25) is 4.90 Å². The van der Waals surface area contributed by atoms with Gasteiger partial charge in [-0.15, -0.1) is 0 Å². The first kappa shape index (κ1) is 15.3. The number of hydrogen-bond acceptors (Lipinski definition) is 3. The highest BCUT2D eigenvalue weighted by atomic mass is 15.2. The molecule has 0 aromatic heterocycles. The highest BCUT2D eigenvalue weighted by Gasteiger charge is 2.23. The van der Waals surface area contributed by atoms with E-state index in [2.05, 4.69) is 35.9 Å². The molecule has 0 aliphatic carbocycles. The highest BCUT2D eigenvalue weighted by Crippen LogP contribution is 2.18. The van der Waals surface area contributed by atoms with E-state index in [0.717, 1.165) is 24.7 Å². The number of aryl methyl sites for hydroxylation is 1. The van der Waals surface area contributed by atoms with Gasteiger partial charge in [-0.1, -0.05) is 25.1 Å². The molecule has 1 unspecified atom stereocenters. The van der Waals surface area contributed by atoms with Crippen LogP contribution in [0.3, 0.4) is 0 Å². The van der Waals surface area contributed by atoms with Crippen LogP contribution in [0.1, 0.15) is 31.7 Å². The average Bonchev–Trinajstić information content (AvgIpc) is 2.88. The summed E-state index contributed by atoms with van der Waals surface area (Å²) in [7, 11) is 2.25. The third-order valence-electron chi connectivity index (χ3n) is 4.47. The first-order valence-electron chi connectivity index (χ1n) is 7.96. The van der Waals surface area contributed by atoms with E-state index in [9.17, 15) is 0 Å². The van der Waals surface area contributed by atoms with Crippen molar-refractivity contribution in [2.24, 2.45) is 0 Å². The molecule has 20 heavy (non-hydrogen) atoms. The van der Waals surface area contributed by atoms with E-state index in [1.54, 1.807) is 0 Å². The van der Waals surface area contributed by atoms with Gasteiger partial charge in [0.2, 0.25) is 0 Å². The molecular weight excluding hydrogens is 246 g/mol. The van der Waals surface area contributed by atoms with E-state index in [1.807, 2.05) is 12.1 Å². The van der Waals surface area contributed by atoms with Crippen LogP contribution in [0.2, 0.25) is 0 Å². The minimum absolute atomic E-state index is 0.770. The molecule has 1 aromatic carbocycles. The number of nitrogen functional groups attached to an aromatic ring is 1. The zero-order valence-electron chi connectivity index (χ0n) is 13.0. The van der Waals surface area contributed by atoms with Crippen LogP contribution >= 0.6 is 0 Å². The highest BCUT2D eigenvalue weighted by molar-refractivity contribution is 5.46. The van der Waals surface area contributed by atoms with Crippen LogP contribution < -0.4 is 5.73 Å². The molecule has 2 rings (SSSR count). The first-order chi connectivity index (χ1) is 9.70. The van der Waals surface area contributed by atoms with Crippen molar-refractivity contribution in [3.8, 4) is 0 Å². The maximum Gasteiger partial charge on any atom is 0.0346 e. The van der Waals surface area contributed by atoms with Gasteiger partial charge >= 0.3 is 0 Å². The number of rotatable bonds is 7. The van der Waals surface area contributed by atoms with Crippen molar-refractivity contribution >= 4 is 5.69 Å². The topological polar surface area (TPSA) is 32.5 Å². The fourth-order valence-electron chi connectivity index (χ4n) is 3.27. The summed E-state index contributed by atoms with van der Waals surface area (Å²) < 4.78 is 0. The predicted octanol–water partition coefficient (Wildman–Crippen LogP) is 2.62. The Bertz CT molecular complexity index is 405. The summed E-state index contributed by atoms with van der Waals surface area (Å²) in [5.41, 5.74) is 8.21. The lowest BCUT2D eigenvalue weighted by Crippen LogP contribution is -2.39. The predicted molar refractivity (Wildman–Crippen MR) is 86.9 cm³/mol. The average molecular weight is 275 g/mol. The van der Waals surface area contributed by atoms with Crippen molar-refractivity contribution in [2.45, 2.75) is 38.6 Å². The second-order valence-electron chi connectivity index (χ2n) is 5.99. The first-order valence-corrected chi connectivity index (χ1v) is 7.96. The Kier molecular flexibility index (Phi) is 5.86. The largest absolute Gasteiger partial charge is 0.399 e. The Labute approximate surface area is 123 Å². The number of anilines is 1. The fraction of sp³-hybridized carbons (Fsp3) is 0.647. The molecule has 1 fully saturated rings. The molecule has 3 nitrogen and oxygen atoms in total. The normalized spacial score (nSPS) is 19.9. The third-order valence-corrected chi connectivity index (χ3v) is 4.47. The van der Waals surface area contributed by atoms with E-state index in [4.69, 9.17) is 5.73 Å². The van der Waals surface area contributed by atoms with Crippen molar-refractivity contribution < 1.29 is 0 Å². The van der Waals surface area contributed by atoms with Crippen molar-refractivity contribution in [1.29, 1.82) is 0 Å². The molecule has 0 amide bonds. The van der Waals surface area contributed by atoms with Crippen LogP contribution in [0.15, 0.2) is 24.3 Å². The number of nitrogens with zero attached hydrogens (tertiary/aromatic N) is 2. The molecule has 0 bridgehead atoms. The number of likely N-dealkylation sites (tertiary alicyclic amines) is 1. The lowest BCUT2D eigenvalue weighted by Gasteiger charge is -2.27. The minimum Gasteiger partial charge on any atom is -0.399 e. The van der Waals surface area contributed by atoms with Crippen LogP contribution in [0.25, 0.3) is 0 Å². The molecule has 0 radical (unpaired) electrons. The van der Waals surface area contributed by atoms with Gasteiger partial charge in [-0.25, -0.2) is 0 Å². The zero-order valence-corrected chi connectivity index (χ0v) is 13.0. The number of para-hydroxylation sites is 1. The summed E-state index contributed by atoms with van der Waals surface area (Å²) >= 11 is 0. The third kappa shape index (κ3) is 4.22. The molecule has 3 heteroatoms. The van der Waals surface area contributed by atoms with Crippen molar-refractivity contribution in [3.05, 3.63) is 29.8 Å². The number of hydrogen-bond donors (Lipinski definition) is 1. The Morgan fingerprint density at radius 3 is 2.90 bits per heavy atom. The van der Waals surface area contributed by atoms with E-state index < -0.39 is 0 Å². The molecule has 1 aliphatic rings. The van der Waals surface area contributed by atoms with Gasteiger partial charge in [0.15, 0.2) is 0 Å². The standard InChI is InChI=1S/C17H29N3/c1-3-20-13-7-10-16(20)14-19(2)12-6-9-15-8-4-5-11-17(15)18/h4-5,8,11,16H,3,6-7,9-10,12-14,18H2,1-2H3. The van der Waals surface area contributed by atoms with E-state index in [1.165, 1.54) is 44.5 Å². The van der Waals surface area contributed by atoms with Gasteiger partial charge in [0, 0.05) is 18.3 Å². The Morgan fingerprint density at radius 2 is 2.15 bits per heavy atom. The summed E-state index contributed by atoms with van der Waals surface area (Å²) in [5, 5.41) is 0. The molecule has 0 saturated carbocycles. The quantitative estimate of drug-likeness (QED) is 0.776. The summed E-state index contributed by atoms with van der Waals surface area (Å²) in [4.78, 5) is 5.10. The van der Waals surface area contributed by atoms with Gasteiger partial charge < -0.3 is 10.6 Å². The van der Waals surface area contributed by atoms with Gasteiger partial charge in [0.25, 0.3) is 0 Å². The van der Waals surface area contributed by atoms with Gasteiger partial charge in [-0.05, 0) is 64.0 Å². The second kappa shape index (κ2) is 7.65. The molecule has 1 saturated heterocycles. The number of likely N-dealkylation sites (N-methyl/N-ethyl adjacent to an activating group) is 2.